The number of carbonyl (C=O) groups is 1. The Hall–Kier alpha value is -2.80. The number of amides is 1. The predicted molar refractivity (Wildman–Crippen MR) is 110 cm³/mol. The number of nitrogen functional groups attached to an aromatic ring is 1. The summed E-state index contributed by atoms with van der Waals surface area (Å²) in [6.07, 6.45) is 0. The van der Waals surface area contributed by atoms with E-state index in [4.69, 9.17) is 5.84 Å². The summed E-state index contributed by atoms with van der Waals surface area (Å²) in [6, 6.07) is 13.9. The zero-order valence-corrected chi connectivity index (χ0v) is 16.7. The van der Waals surface area contributed by atoms with Crippen molar-refractivity contribution in [2.45, 2.75) is 38.1 Å². The lowest BCUT2D eigenvalue weighted by atomic mass is 10.1. The van der Waals surface area contributed by atoms with Crippen molar-refractivity contribution in [3.8, 4) is 11.4 Å². The van der Waals surface area contributed by atoms with Crippen LogP contribution >= 0.6 is 11.8 Å². The van der Waals surface area contributed by atoms with Crippen LogP contribution in [0.1, 0.15) is 23.6 Å². The Balaban J connectivity index is 1.72. The van der Waals surface area contributed by atoms with Gasteiger partial charge in [0, 0.05) is 11.3 Å². The van der Waals surface area contributed by atoms with Crippen molar-refractivity contribution < 1.29 is 4.79 Å². The van der Waals surface area contributed by atoms with Crippen molar-refractivity contribution in [2.75, 3.05) is 11.2 Å². The van der Waals surface area contributed by atoms with Gasteiger partial charge in [0.25, 0.3) is 0 Å². The second-order valence-electron chi connectivity index (χ2n) is 6.61. The number of carbonyl (C=O) groups excluding carboxylic acids is 1. The number of aryl methyl sites for hydroxylation is 3. The number of benzene rings is 2. The van der Waals surface area contributed by atoms with Gasteiger partial charge in [0.2, 0.25) is 11.1 Å². The summed E-state index contributed by atoms with van der Waals surface area (Å²) in [6.45, 7) is 7.81. The molecule has 1 amide bonds. The summed E-state index contributed by atoms with van der Waals surface area (Å²) in [7, 11) is 0. The minimum absolute atomic E-state index is 0.103. The Kier molecular flexibility index (Phi) is 5.51. The Morgan fingerprint density at radius 3 is 2.44 bits per heavy atom. The standard InChI is InChI=1S/C20H23N5OS/c1-12-6-9-16(10-7-12)18-23-24-20(25(18)21)27-15(4)19(26)22-17-11-13(2)5-8-14(17)3/h5-11,15H,21H2,1-4H3,(H,22,26). The van der Waals surface area contributed by atoms with Crippen molar-refractivity contribution in [3.05, 3.63) is 59.2 Å². The SMILES string of the molecule is Cc1ccc(-c2nnc(SC(C)C(=O)Nc3cc(C)ccc3C)n2N)cc1. The normalized spacial score (nSPS) is 12.0. The summed E-state index contributed by atoms with van der Waals surface area (Å²) < 4.78 is 1.43. The van der Waals surface area contributed by atoms with Crippen molar-refractivity contribution in [3.63, 3.8) is 0 Å². The average molecular weight is 382 g/mol. The molecule has 2 aromatic carbocycles. The van der Waals surface area contributed by atoms with Crippen LogP contribution in [0, 0.1) is 20.8 Å². The molecule has 0 aliphatic heterocycles. The third kappa shape index (κ3) is 4.31. The summed E-state index contributed by atoms with van der Waals surface area (Å²) in [5, 5.41) is 11.4. The number of nitrogens with two attached hydrogens (primary N) is 1. The molecular formula is C20H23N5OS. The van der Waals surface area contributed by atoms with E-state index in [1.54, 1.807) is 0 Å². The lowest BCUT2D eigenvalue weighted by Crippen LogP contribution is -2.24. The number of thioether (sulfide) groups is 1. The first-order valence-corrected chi connectivity index (χ1v) is 9.55. The largest absolute Gasteiger partial charge is 0.335 e. The zero-order valence-electron chi connectivity index (χ0n) is 15.9. The van der Waals surface area contributed by atoms with Gasteiger partial charge < -0.3 is 11.2 Å². The summed E-state index contributed by atoms with van der Waals surface area (Å²) in [5.74, 6) is 6.62. The van der Waals surface area contributed by atoms with E-state index in [2.05, 4.69) is 15.5 Å². The summed E-state index contributed by atoms with van der Waals surface area (Å²) in [4.78, 5) is 12.6. The van der Waals surface area contributed by atoms with Gasteiger partial charge in [-0.2, -0.15) is 0 Å². The van der Waals surface area contributed by atoms with Crippen molar-refractivity contribution in [1.82, 2.24) is 14.9 Å². The molecule has 0 aliphatic rings. The number of aromatic nitrogens is 3. The Morgan fingerprint density at radius 2 is 1.74 bits per heavy atom. The molecule has 1 unspecified atom stereocenters. The number of hydrogen-bond acceptors (Lipinski definition) is 5. The van der Waals surface area contributed by atoms with Crippen LogP contribution in [-0.2, 0) is 4.79 Å². The molecule has 3 rings (SSSR count). The fourth-order valence-electron chi connectivity index (χ4n) is 2.57. The van der Waals surface area contributed by atoms with Crippen LogP contribution in [0.15, 0.2) is 47.6 Å². The third-order valence-electron chi connectivity index (χ3n) is 4.28. The highest BCUT2D eigenvalue weighted by Gasteiger charge is 2.20. The van der Waals surface area contributed by atoms with E-state index in [1.165, 1.54) is 16.4 Å². The van der Waals surface area contributed by atoms with Crippen LogP contribution in [0.5, 0.6) is 0 Å². The second kappa shape index (κ2) is 7.84. The molecular weight excluding hydrogens is 358 g/mol. The Morgan fingerprint density at radius 1 is 1.07 bits per heavy atom. The van der Waals surface area contributed by atoms with Gasteiger partial charge in [0.1, 0.15) is 0 Å². The lowest BCUT2D eigenvalue weighted by Gasteiger charge is -2.13. The van der Waals surface area contributed by atoms with Gasteiger partial charge in [-0.25, -0.2) is 4.68 Å². The topological polar surface area (TPSA) is 85.8 Å². The van der Waals surface area contributed by atoms with Crippen LogP contribution in [0.4, 0.5) is 5.69 Å². The van der Waals surface area contributed by atoms with Crippen LogP contribution in [0.2, 0.25) is 0 Å². The molecule has 7 heteroatoms. The molecule has 0 radical (unpaired) electrons. The van der Waals surface area contributed by atoms with Crippen molar-refractivity contribution >= 4 is 23.4 Å². The highest BCUT2D eigenvalue weighted by molar-refractivity contribution is 8.00. The first kappa shape index (κ1) is 19.0. The average Bonchev–Trinajstić information content (AvgIpc) is 2.99. The minimum Gasteiger partial charge on any atom is -0.335 e. The molecule has 0 saturated heterocycles. The first-order chi connectivity index (χ1) is 12.8. The van der Waals surface area contributed by atoms with Gasteiger partial charge in [-0.3, -0.25) is 4.79 Å². The quantitative estimate of drug-likeness (QED) is 0.520. The first-order valence-electron chi connectivity index (χ1n) is 8.67. The van der Waals surface area contributed by atoms with E-state index in [1.807, 2.05) is 70.2 Å². The van der Waals surface area contributed by atoms with E-state index in [0.717, 1.165) is 27.9 Å². The van der Waals surface area contributed by atoms with Gasteiger partial charge in [-0.15, -0.1) is 10.2 Å². The van der Waals surface area contributed by atoms with Crippen molar-refractivity contribution in [2.24, 2.45) is 0 Å². The fourth-order valence-corrected chi connectivity index (χ4v) is 3.34. The van der Waals surface area contributed by atoms with E-state index in [0.29, 0.717) is 11.0 Å². The molecule has 3 N–H and O–H groups in total. The Bertz CT molecular complexity index is 965. The highest BCUT2D eigenvalue weighted by atomic mass is 32.2. The minimum atomic E-state index is -0.373. The second-order valence-corrected chi connectivity index (χ2v) is 7.92. The maximum absolute atomic E-state index is 12.6. The van der Waals surface area contributed by atoms with Gasteiger partial charge >= 0.3 is 0 Å². The molecule has 3 aromatic rings. The van der Waals surface area contributed by atoms with Crippen LogP contribution < -0.4 is 11.2 Å². The number of nitrogens with zero attached hydrogens (tertiary/aromatic N) is 3. The van der Waals surface area contributed by atoms with E-state index in [9.17, 15) is 4.79 Å². The fraction of sp³-hybridized carbons (Fsp3) is 0.250. The van der Waals surface area contributed by atoms with Gasteiger partial charge in [-0.1, -0.05) is 53.7 Å². The molecule has 27 heavy (non-hydrogen) atoms. The molecule has 1 atom stereocenters. The molecule has 0 saturated carbocycles. The van der Waals surface area contributed by atoms with Gasteiger partial charge in [-0.05, 0) is 44.9 Å². The molecule has 6 nitrogen and oxygen atoms in total. The third-order valence-corrected chi connectivity index (χ3v) is 5.33. The maximum atomic E-state index is 12.6. The number of anilines is 1. The molecule has 1 heterocycles. The predicted octanol–water partition coefficient (Wildman–Crippen LogP) is 3.70. The zero-order chi connectivity index (χ0) is 19.6. The Labute approximate surface area is 163 Å². The molecule has 0 fully saturated rings. The molecule has 1 aromatic heterocycles. The van der Waals surface area contributed by atoms with E-state index < -0.39 is 0 Å². The highest BCUT2D eigenvalue weighted by Crippen LogP contribution is 2.26. The van der Waals surface area contributed by atoms with E-state index >= 15 is 0 Å². The smallest absolute Gasteiger partial charge is 0.237 e. The number of rotatable bonds is 5. The van der Waals surface area contributed by atoms with Crippen LogP contribution in [0.25, 0.3) is 11.4 Å². The monoisotopic (exact) mass is 381 g/mol. The summed E-state index contributed by atoms with van der Waals surface area (Å²) >= 11 is 1.28. The lowest BCUT2D eigenvalue weighted by molar-refractivity contribution is -0.115. The van der Waals surface area contributed by atoms with Crippen LogP contribution in [-0.4, -0.2) is 26.0 Å². The van der Waals surface area contributed by atoms with Crippen molar-refractivity contribution in [1.29, 1.82) is 0 Å². The molecule has 0 bridgehead atoms. The summed E-state index contributed by atoms with van der Waals surface area (Å²) in [5.41, 5.74) is 4.99. The van der Waals surface area contributed by atoms with Gasteiger partial charge in [0.15, 0.2) is 5.82 Å². The van der Waals surface area contributed by atoms with Gasteiger partial charge in [0.05, 0.1) is 5.25 Å². The van der Waals surface area contributed by atoms with E-state index in [-0.39, 0.29) is 11.2 Å². The molecule has 0 aliphatic carbocycles. The number of nitrogens with one attached hydrogen (secondary N) is 1. The number of hydrogen-bond donors (Lipinski definition) is 2. The molecule has 0 spiro atoms. The molecule has 140 valence electrons. The maximum Gasteiger partial charge on any atom is 0.237 e. The van der Waals surface area contributed by atoms with Crippen LogP contribution in [0.3, 0.4) is 0 Å².